The Morgan fingerprint density at radius 3 is 2.25 bits per heavy atom. The number of aliphatic hydroxyl groups excluding tert-OH is 1. The van der Waals surface area contributed by atoms with Crippen LogP contribution in [-0.2, 0) is 47.0 Å². The zero-order valence-corrected chi connectivity index (χ0v) is 9.36. The van der Waals surface area contributed by atoms with Crippen LogP contribution in [0.15, 0.2) is 0 Å². The molecule has 0 spiro atoms. The zero-order valence-electron chi connectivity index (χ0n) is 6.52. The molecule has 0 saturated heterocycles. The van der Waals surface area contributed by atoms with Crippen molar-refractivity contribution < 1.29 is 57.2 Å². The summed E-state index contributed by atoms with van der Waals surface area (Å²) in [6.07, 6.45) is -0.281. The average molecular weight is 251 g/mol. The molecule has 0 aliphatic heterocycles. The van der Waals surface area contributed by atoms with Crippen LogP contribution in [0.5, 0.6) is 0 Å². The van der Waals surface area contributed by atoms with Crippen molar-refractivity contribution in [3.63, 3.8) is 0 Å². The van der Waals surface area contributed by atoms with Crippen molar-refractivity contribution in [2.75, 3.05) is 13.2 Å². The maximum Gasteiger partial charge on any atom is 0.308 e. The fourth-order valence-corrected chi connectivity index (χ4v) is 0.416. The van der Waals surface area contributed by atoms with Crippen molar-refractivity contribution in [3.8, 4) is 0 Å². The van der Waals surface area contributed by atoms with E-state index in [0.717, 1.165) is 0 Å². The molecule has 0 aromatic rings. The molecule has 67 valence electrons. The second-order valence-corrected chi connectivity index (χ2v) is 1.84. The first-order valence-electron chi connectivity index (χ1n) is 3.15. The molecule has 0 amide bonds. The number of carbonyl (C=O) groups is 2. The van der Waals surface area contributed by atoms with E-state index < -0.39 is 11.9 Å². The van der Waals surface area contributed by atoms with E-state index in [2.05, 4.69) is 4.74 Å². The van der Waals surface area contributed by atoms with Crippen LogP contribution in [0, 0.1) is 0 Å². The monoisotopic (exact) mass is 251 g/mol. The Bertz CT molecular complexity index is 147. The molecule has 0 aliphatic rings. The largest absolute Gasteiger partial charge is 0.481 e. The molecule has 0 heterocycles. The van der Waals surface area contributed by atoms with Gasteiger partial charge in [0, 0.05) is 32.7 Å². The summed E-state index contributed by atoms with van der Waals surface area (Å²) in [5.74, 6) is -1.59. The topological polar surface area (TPSA) is 83.8 Å². The van der Waals surface area contributed by atoms with E-state index in [9.17, 15) is 9.59 Å². The molecule has 6 heteroatoms. The molecule has 0 aromatic heterocycles. The predicted molar refractivity (Wildman–Crippen MR) is 34.9 cm³/mol. The summed E-state index contributed by atoms with van der Waals surface area (Å²) in [6.45, 7) is -0.403. The quantitative estimate of drug-likeness (QED) is 0.636. The van der Waals surface area contributed by atoms with Gasteiger partial charge in [-0.25, -0.2) is 0 Å². The molecule has 0 atom stereocenters. The number of aliphatic hydroxyl groups is 1. The van der Waals surface area contributed by atoms with E-state index in [4.69, 9.17) is 10.2 Å². The van der Waals surface area contributed by atoms with Gasteiger partial charge in [0.25, 0.3) is 0 Å². The molecule has 0 bridgehead atoms. The van der Waals surface area contributed by atoms with Crippen LogP contribution in [0.1, 0.15) is 12.8 Å². The minimum absolute atomic E-state index is 0. The third-order valence-electron chi connectivity index (χ3n) is 0.895. The number of aliphatic carboxylic acids is 1. The van der Waals surface area contributed by atoms with Crippen molar-refractivity contribution >= 4 is 11.9 Å². The van der Waals surface area contributed by atoms with Gasteiger partial charge in [0.15, 0.2) is 0 Å². The normalized spacial score (nSPS) is 8.42. The molecule has 0 saturated carbocycles. The fraction of sp³-hybridized carbons (Fsp3) is 0.667. The zero-order chi connectivity index (χ0) is 8.69. The molecule has 2 N–H and O–H groups in total. The summed E-state index contributed by atoms with van der Waals surface area (Å²) in [4.78, 5) is 20.3. The molecule has 1 radical (unpaired) electrons. The van der Waals surface area contributed by atoms with Crippen LogP contribution in [0.2, 0.25) is 0 Å². The van der Waals surface area contributed by atoms with Gasteiger partial charge in [0.2, 0.25) is 0 Å². The number of carbonyl (C=O) groups excluding carboxylic acids is 1. The van der Waals surface area contributed by atoms with Gasteiger partial charge in [-0.3, -0.25) is 9.59 Å². The van der Waals surface area contributed by atoms with Gasteiger partial charge in [0.1, 0.15) is 6.61 Å². The summed E-state index contributed by atoms with van der Waals surface area (Å²) >= 11 is 0. The molecule has 5 nitrogen and oxygen atoms in total. The Kier molecular flexibility index (Phi) is 11.0. The second-order valence-electron chi connectivity index (χ2n) is 1.84. The van der Waals surface area contributed by atoms with E-state index in [1.165, 1.54) is 0 Å². The van der Waals surface area contributed by atoms with Gasteiger partial charge in [0.05, 0.1) is 19.4 Å². The first-order chi connectivity index (χ1) is 5.16. The van der Waals surface area contributed by atoms with Crippen LogP contribution in [0.25, 0.3) is 0 Å². The first-order valence-corrected chi connectivity index (χ1v) is 3.15. The van der Waals surface area contributed by atoms with Crippen LogP contribution >= 0.6 is 0 Å². The Hall–Kier alpha value is 0.00390. The molecule has 0 aromatic carbocycles. The van der Waals surface area contributed by atoms with E-state index in [-0.39, 0.29) is 58.8 Å². The smallest absolute Gasteiger partial charge is 0.308 e. The van der Waals surface area contributed by atoms with Crippen LogP contribution in [-0.4, -0.2) is 35.4 Å². The van der Waals surface area contributed by atoms with Gasteiger partial charge in [-0.05, 0) is 0 Å². The van der Waals surface area contributed by atoms with Crippen LogP contribution in [0.4, 0.5) is 0 Å². The standard InChI is InChI=1S/C6H10O5.Y/c7-3-1-6(10)11-4-2-5(8)9;/h7H,1-4H2,(H,8,9);. The fourth-order valence-electron chi connectivity index (χ4n) is 0.416. The SMILES string of the molecule is O=C(O)CCOC(=O)CCO.[Y]. The minimum atomic E-state index is -1.01. The maximum absolute atomic E-state index is 10.4. The number of carboxylic acids is 1. The number of ether oxygens (including phenoxy) is 1. The average Bonchev–Trinajstić information content (AvgIpc) is 1.87. The number of esters is 1. The van der Waals surface area contributed by atoms with Gasteiger partial charge in [-0.2, -0.15) is 0 Å². The van der Waals surface area contributed by atoms with E-state index in [0.29, 0.717) is 0 Å². The van der Waals surface area contributed by atoms with E-state index >= 15 is 0 Å². The Balaban J connectivity index is 0. The summed E-state index contributed by atoms with van der Waals surface area (Å²) in [7, 11) is 0. The minimum Gasteiger partial charge on any atom is -0.481 e. The maximum atomic E-state index is 10.4. The summed E-state index contributed by atoms with van der Waals surface area (Å²) in [5.41, 5.74) is 0. The molecular formula is C6H10O5Y. The predicted octanol–water partition coefficient (Wildman–Crippen LogP) is -0.616. The Morgan fingerprint density at radius 2 is 1.83 bits per heavy atom. The number of hydrogen-bond donors (Lipinski definition) is 2. The molecule has 0 unspecified atom stereocenters. The molecule has 0 fully saturated rings. The van der Waals surface area contributed by atoms with Crippen molar-refractivity contribution in [2.45, 2.75) is 12.8 Å². The number of rotatable bonds is 5. The van der Waals surface area contributed by atoms with Crippen LogP contribution < -0.4 is 0 Å². The van der Waals surface area contributed by atoms with Crippen LogP contribution in [0.3, 0.4) is 0 Å². The Morgan fingerprint density at radius 1 is 1.25 bits per heavy atom. The van der Waals surface area contributed by atoms with Gasteiger partial charge < -0.3 is 14.9 Å². The molecule has 0 rings (SSSR count). The van der Waals surface area contributed by atoms with E-state index in [1.54, 1.807) is 0 Å². The third kappa shape index (κ3) is 10.0. The van der Waals surface area contributed by atoms with Crippen molar-refractivity contribution in [3.05, 3.63) is 0 Å². The Labute approximate surface area is 95.0 Å². The number of carboxylic acid groups (broad SMARTS) is 1. The molecule has 12 heavy (non-hydrogen) atoms. The van der Waals surface area contributed by atoms with Crippen molar-refractivity contribution in [1.29, 1.82) is 0 Å². The van der Waals surface area contributed by atoms with E-state index in [1.807, 2.05) is 0 Å². The number of hydrogen-bond acceptors (Lipinski definition) is 4. The third-order valence-corrected chi connectivity index (χ3v) is 0.895. The molecule has 0 aliphatic carbocycles. The first kappa shape index (κ1) is 14.5. The summed E-state index contributed by atoms with van der Waals surface area (Å²) in [5, 5.41) is 16.3. The van der Waals surface area contributed by atoms with Crippen molar-refractivity contribution in [2.24, 2.45) is 0 Å². The molecular weight excluding hydrogens is 241 g/mol. The van der Waals surface area contributed by atoms with Gasteiger partial charge in [-0.1, -0.05) is 0 Å². The summed E-state index contributed by atoms with van der Waals surface area (Å²) < 4.78 is 4.41. The van der Waals surface area contributed by atoms with Gasteiger partial charge in [-0.15, -0.1) is 0 Å². The van der Waals surface area contributed by atoms with Gasteiger partial charge >= 0.3 is 11.9 Å². The second kappa shape index (κ2) is 9.09. The van der Waals surface area contributed by atoms with Crippen molar-refractivity contribution in [1.82, 2.24) is 0 Å². The summed E-state index contributed by atoms with van der Waals surface area (Å²) in [6, 6.07) is 0.